The average Bonchev–Trinajstić information content (AvgIpc) is 2.80. The molecule has 0 bridgehead atoms. The SMILES string of the molecule is CNC1CCN(c2nccn(CC(C)C)c2=O)C1. The molecule has 0 spiro atoms. The van der Waals surface area contributed by atoms with E-state index >= 15 is 0 Å². The lowest BCUT2D eigenvalue weighted by atomic mass is 10.2. The lowest BCUT2D eigenvalue weighted by Gasteiger charge is -2.18. The fraction of sp³-hybridized carbons (Fsp3) is 0.692. The second-order valence-corrected chi connectivity index (χ2v) is 5.32. The van der Waals surface area contributed by atoms with E-state index in [9.17, 15) is 4.79 Å². The summed E-state index contributed by atoms with van der Waals surface area (Å²) >= 11 is 0. The highest BCUT2D eigenvalue weighted by molar-refractivity contribution is 5.37. The summed E-state index contributed by atoms with van der Waals surface area (Å²) in [5.74, 6) is 1.05. The van der Waals surface area contributed by atoms with Gasteiger partial charge in [-0.2, -0.15) is 0 Å². The molecule has 5 heteroatoms. The lowest BCUT2D eigenvalue weighted by molar-refractivity contribution is 0.508. The summed E-state index contributed by atoms with van der Waals surface area (Å²) in [5.41, 5.74) is 0.0305. The van der Waals surface area contributed by atoms with Crippen molar-refractivity contribution in [2.24, 2.45) is 5.92 Å². The molecule has 5 nitrogen and oxygen atoms in total. The number of hydrogen-bond acceptors (Lipinski definition) is 4. The molecule has 2 rings (SSSR count). The van der Waals surface area contributed by atoms with Gasteiger partial charge in [0.15, 0.2) is 5.82 Å². The smallest absolute Gasteiger partial charge is 0.293 e. The van der Waals surface area contributed by atoms with E-state index in [-0.39, 0.29) is 5.56 Å². The first kappa shape index (κ1) is 13.1. The molecule has 0 amide bonds. The van der Waals surface area contributed by atoms with Crippen LogP contribution in [0.15, 0.2) is 17.2 Å². The van der Waals surface area contributed by atoms with Gasteiger partial charge in [-0.15, -0.1) is 0 Å². The van der Waals surface area contributed by atoms with Crippen LogP contribution in [0, 0.1) is 5.92 Å². The fourth-order valence-electron chi connectivity index (χ4n) is 2.38. The zero-order valence-corrected chi connectivity index (χ0v) is 11.4. The van der Waals surface area contributed by atoms with Gasteiger partial charge >= 0.3 is 0 Å². The predicted molar refractivity (Wildman–Crippen MR) is 73.0 cm³/mol. The maximum Gasteiger partial charge on any atom is 0.293 e. The molecule has 1 fully saturated rings. The summed E-state index contributed by atoms with van der Waals surface area (Å²) in [6.45, 7) is 6.74. The quantitative estimate of drug-likeness (QED) is 0.854. The zero-order chi connectivity index (χ0) is 13.1. The number of nitrogens with zero attached hydrogens (tertiary/aromatic N) is 3. The molecule has 0 radical (unpaired) electrons. The summed E-state index contributed by atoms with van der Waals surface area (Å²) in [7, 11) is 1.96. The van der Waals surface area contributed by atoms with Crippen LogP contribution >= 0.6 is 0 Å². The molecule has 100 valence electrons. The van der Waals surface area contributed by atoms with E-state index in [4.69, 9.17) is 0 Å². The van der Waals surface area contributed by atoms with E-state index in [0.29, 0.717) is 17.8 Å². The van der Waals surface area contributed by atoms with Crippen LogP contribution in [-0.4, -0.2) is 35.7 Å². The Bertz CT molecular complexity index is 455. The minimum Gasteiger partial charge on any atom is -0.350 e. The lowest BCUT2D eigenvalue weighted by Crippen LogP contribution is -2.35. The Labute approximate surface area is 108 Å². The van der Waals surface area contributed by atoms with Crippen molar-refractivity contribution < 1.29 is 0 Å². The second-order valence-electron chi connectivity index (χ2n) is 5.32. The van der Waals surface area contributed by atoms with Gasteiger partial charge in [0.2, 0.25) is 0 Å². The molecular formula is C13H22N4O. The van der Waals surface area contributed by atoms with Crippen LogP contribution in [0.25, 0.3) is 0 Å². The van der Waals surface area contributed by atoms with E-state index in [1.807, 2.05) is 7.05 Å². The van der Waals surface area contributed by atoms with Crippen LogP contribution in [0.2, 0.25) is 0 Å². The molecule has 0 saturated carbocycles. The average molecular weight is 250 g/mol. The Kier molecular flexibility index (Phi) is 4.01. The van der Waals surface area contributed by atoms with Gasteiger partial charge in [0, 0.05) is 38.1 Å². The Morgan fingerprint density at radius 3 is 2.94 bits per heavy atom. The minimum absolute atomic E-state index is 0.0305. The third-order valence-corrected chi connectivity index (χ3v) is 3.35. The summed E-state index contributed by atoms with van der Waals surface area (Å²) in [6.07, 6.45) is 4.57. The highest BCUT2D eigenvalue weighted by Gasteiger charge is 2.24. The number of aromatic nitrogens is 2. The molecule has 1 unspecified atom stereocenters. The Hall–Kier alpha value is -1.36. The Morgan fingerprint density at radius 2 is 2.33 bits per heavy atom. The number of rotatable bonds is 4. The van der Waals surface area contributed by atoms with Crippen LogP contribution in [0.1, 0.15) is 20.3 Å². The molecule has 1 aliphatic heterocycles. The van der Waals surface area contributed by atoms with Gasteiger partial charge < -0.3 is 14.8 Å². The molecule has 1 aliphatic rings. The third kappa shape index (κ3) is 2.72. The van der Waals surface area contributed by atoms with E-state index in [0.717, 1.165) is 26.1 Å². The van der Waals surface area contributed by atoms with Gasteiger partial charge in [-0.25, -0.2) is 4.98 Å². The Balaban J connectivity index is 2.21. The summed E-state index contributed by atoms with van der Waals surface area (Å²) in [4.78, 5) is 18.7. The van der Waals surface area contributed by atoms with Crippen LogP contribution in [0.3, 0.4) is 0 Å². The Morgan fingerprint density at radius 1 is 1.56 bits per heavy atom. The minimum atomic E-state index is 0.0305. The van der Waals surface area contributed by atoms with Crippen molar-refractivity contribution in [3.8, 4) is 0 Å². The van der Waals surface area contributed by atoms with Crippen LogP contribution < -0.4 is 15.8 Å². The van der Waals surface area contributed by atoms with Gasteiger partial charge in [-0.1, -0.05) is 13.8 Å². The van der Waals surface area contributed by atoms with Crippen LogP contribution in [0.5, 0.6) is 0 Å². The molecule has 1 saturated heterocycles. The van der Waals surface area contributed by atoms with Gasteiger partial charge in [-0.3, -0.25) is 4.79 Å². The second kappa shape index (κ2) is 5.52. The van der Waals surface area contributed by atoms with Crippen molar-refractivity contribution in [3.05, 3.63) is 22.7 Å². The van der Waals surface area contributed by atoms with Gasteiger partial charge in [0.05, 0.1) is 0 Å². The maximum absolute atomic E-state index is 12.3. The van der Waals surface area contributed by atoms with E-state index < -0.39 is 0 Å². The van der Waals surface area contributed by atoms with Crippen molar-refractivity contribution in [1.29, 1.82) is 0 Å². The third-order valence-electron chi connectivity index (χ3n) is 3.35. The van der Waals surface area contributed by atoms with Crippen molar-refractivity contribution >= 4 is 5.82 Å². The van der Waals surface area contributed by atoms with Crippen molar-refractivity contribution in [3.63, 3.8) is 0 Å². The fourth-order valence-corrected chi connectivity index (χ4v) is 2.38. The number of hydrogen-bond donors (Lipinski definition) is 1. The van der Waals surface area contributed by atoms with Crippen LogP contribution in [-0.2, 0) is 6.54 Å². The number of nitrogens with one attached hydrogen (secondary N) is 1. The molecule has 1 aromatic rings. The van der Waals surface area contributed by atoms with Gasteiger partial charge in [0.1, 0.15) is 0 Å². The maximum atomic E-state index is 12.3. The van der Waals surface area contributed by atoms with Gasteiger partial charge in [0.25, 0.3) is 5.56 Å². The monoisotopic (exact) mass is 250 g/mol. The molecule has 1 N–H and O–H groups in total. The molecule has 2 heterocycles. The summed E-state index contributed by atoms with van der Waals surface area (Å²) in [5, 5.41) is 3.25. The molecule has 18 heavy (non-hydrogen) atoms. The number of likely N-dealkylation sites (N-methyl/N-ethyl adjacent to an activating group) is 1. The summed E-state index contributed by atoms with van der Waals surface area (Å²) in [6, 6.07) is 0.463. The van der Waals surface area contributed by atoms with Crippen molar-refractivity contribution in [1.82, 2.24) is 14.9 Å². The first-order valence-corrected chi connectivity index (χ1v) is 6.59. The molecule has 1 atom stereocenters. The molecular weight excluding hydrogens is 228 g/mol. The number of anilines is 1. The summed E-state index contributed by atoms with van der Waals surface area (Å²) < 4.78 is 1.76. The molecule has 1 aromatic heterocycles. The topological polar surface area (TPSA) is 50.2 Å². The van der Waals surface area contributed by atoms with E-state index in [1.54, 1.807) is 17.0 Å². The largest absolute Gasteiger partial charge is 0.350 e. The van der Waals surface area contributed by atoms with Gasteiger partial charge in [-0.05, 0) is 19.4 Å². The molecule has 0 aromatic carbocycles. The zero-order valence-electron chi connectivity index (χ0n) is 11.4. The standard InChI is InChI=1S/C13H22N4O/c1-10(2)8-17-7-5-15-12(13(17)18)16-6-4-11(9-16)14-3/h5,7,10-11,14H,4,6,8-9H2,1-3H3. The van der Waals surface area contributed by atoms with Crippen molar-refractivity contribution in [2.45, 2.75) is 32.9 Å². The van der Waals surface area contributed by atoms with E-state index in [2.05, 4.69) is 29.0 Å². The van der Waals surface area contributed by atoms with Crippen molar-refractivity contribution in [2.75, 3.05) is 25.0 Å². The first-order chi connectivity index (χ1) is 8.61. The molecule has 0 aliphatic carbocycles. The highest BCUT2D eigenvalue weighted by Crippen LogP contribution is 2.14. The van der Waals surface area contributed by atoms with E-state index in [1.165, 1.54) is 0 Å². The predicted octanol–water partition coefficient (Wildman–Crippen LogP) is 0.697. The first-order valence-electron chi connectivity index (χ1n) is 6.59. The normalized spacial score (nSPS) is 19.8. The van der Waals surface area contributed by atoms with Crippen LogP contribution in [0.4, 0.5) is 5.82 Å². The highest BCUT2D eigenvalue weighted by atomic mass is 16.1.